The van der Waals surface area contributed by atoms with Gasteiger partial charge in [-0.2, -0.15) is 0 Å². The average molecular weight is 387 g/mol. The third kappa shape index (κ3) is 4.65. The summed E-state index contributed by atoms with van der Waals surface area (Å²) in [5.74, 6) is 0.962. The first-order valence-electron chi connectivity index (χ1n) is 7.85. The number of likely N-dealkylation sites (tertiary alicyclic amines) is 1. The number of hydrogen-bond donors (Lipinski definition) is 1. The molecule has 2 heterocycles. The van der Waals surface area contributed by atoms with Crippen molar-refractivity contribution in [3.8, 4) is 11.5 Å². The van der Waals surface area contributed by atoms with E-state index in [1.807, 2.05) is 0 Å². The molecule has 0 unspecified atom stereocenters. The second kappa shape index (κ2) is 7.23. The van der Waals surface area contributed by atoms with Gasteiger partial charge in [0.05, 0.1) is 11.3 Å². The number of halogens is 1. The van der Waals surface area contributed by atoms with Gasteiger partial charge in [-0.05, 0) is 36.6 Å². The number of hydrogen-bond acceptors (Lipinski definition) is 5. The number of benzene rings is 1. The smallest absolute Gasteiger partial charge is 0.246 e. The molecule has 136 valence electrons. The molecular weight excluding hydrogens is 368 g/mol. The van der Waals surface area contributed by atoms with Crippen molar-refractivity contribution in [2.24, 2.45) is 0 Å². The van der Waals surface area contributed by atoms with E-state index in [4.69, 9.17) is 21.1 Å². The minimum Gasteiger partial charge on any atom is -0.454 e. The van der Waals surface area contributed by atoms with E-state index in [1.165, 1.54) is 6.08 Å². The molecular formula is C16H19ClN2O5S. The van der Waals surface area contributed by atoms with Crippen LogP contribution in [0.4, 0.5) is 0 Å². The zero-order valence-corrected chi connectivity index (χ0v) is 15.3. The van der Waals surface area contributed by atoms with E-state index in [9.17, 15) is 13.2 Å². The summed E-state index contributed by atoms with van der Waals surface area (Å²) in [4.78, 5) is 14.0. The Labute approximate surface area is 151 Å². The van der Waals surface area contributed by atoms with Crippen LogP contribution in [0.25, 0.3) is 6.08 Å². The molecule has 9 heteroatoms. The number of rotatable bonds is 4. The van der Waals surface area contributed by atoms with Crippen LogP contribution in [0.5, 0.6) is 11.5 Å². The molecule has 7 nitrogen and oxygen atoms in total. The van der Waals surface area contributed by atoms with Crippen LogP contribution in [0, 0.1) is 0 Å². The van der Waals surface area contributed by atoms with Gasteiger partial charge in [-0.25, -0.2) is 13.1 Å². The molecule has 1 N–H and O–H groups in total. The number of sulfonamides is 1. The summed E-state index contributed by atoms with van der Waals surface area (Å²) in [6.07, 6.45) is 5.50. The summed E-state index contributed by atoms with van der Waals surface area (Å²) in [5.41, 5.74) is 0.747. The first-order valence-corrected chi connectivity index (χ1v) is 10.1. The maximum absolute atomic E-state index is 12.3. The van der Waals surface area contributed by atoms with Crippen molar-refractivity contribution in [1.82, 2.24) is 9.62 Å². The van der Waals surface area contributed by atoms with Gasteiger partial charge < -0.3 is 14.4 Å². The Kier molecular flexibility index (Phi) is 5.21. The van der Waals surface area contributed by atoms with Gasteiger partial charge in [-0.1, -0.05) is 11.6 Å². The molecule has 0 saturated carbocycles. The lowest BCUT2D eigenvalue weighted by molar-refractivity contribution is -0.126. The average Bonchev–Trinajstić information content (AvgIpc) is 3.01. The van der Waals surface area contributed by atoms with Crippen LogP contribution in [0.1, 0.15) is 18.4 Å². The summed E-state index contributed by atoms with van der Waals surface area (Å²) < 4.78 is 35.6. The fourth-order valence-electron chi connectivity index (χ4n) is 2.88. The molecule has 1 aromatic rings. The van der Waals surface area contributed by atoms with E-state index in [1.54, 1.807) is 23.1 Å². The Morgan fingerprint density at radius 1 is 1.32 bits per heavy atom. The Bertz CT molecular complexity index is 801. The summed E-state index contributed by atoms with van der Waals surface area (Å²) in [5, 5.41) is 0.440. The van der Waals surface area contributed by atoms with Gasteiger partial charge >= 0.3 is 0 Å². The molecule has 3 rings (SSSR count). The van der Waals surface area contributed by atoms with Crippen molar-refractivity contribution >= 4 is 33.6 Å². The van der Waals surface area contributed by atoms with Gasteiger partial charge in [0, 0.05) is 25.2 Å². The van der Waals surface area contributed by atoms with Crippen molar-refractivity contribution in [3.05, 3.63) is 28.8 Å². The Morgan fingerprint density at radius 2 is 2.04 bits per heavy atom. The largest absolute Gasteiger partial charge is 0.454 e. The third-order valence-electron chi connectivity index (χ3n) is 4.06. The predicted octanol–water partition coefficient (Wildman–Crippen LogP) is 1.62. The molecule has 2 aliphatic heterocycles. The summed E-state index contributed by atoms with van der Waals surface area (Å²) in [6.45, 7) is 1.16. The topological polar surface area (TPSA) is 84.9 Å². The number of ether oxygens (including phenoxy) is 2. The van der Waals surface area contributed by atoms with Crippen LogP contribution in [0.15, 0.2) is 18.2 Å². The van der Waals surface area contributed by atoms with Crippen molar-refractivity contribution in [2.45, 2.75) is 18.9 Å². The van der Waals surface area contributed by atoms with E-state index in [0.29, 0.717) is 42.5 Å². The van der Waals surface area contributed by atoms with Crippen molar-refractivity contribution < 1.29 is 22.7 Å². The van der Waals surface area contributed by atoms with Gasteiger partial charge in [0.15, 0.2) is 11.5 Å². The fraction of sp³-hybridized carbons (Fsp3) is 0.438. The van der Waals surface area contributed by atoms with E-state index >= 15 is 0 Å². The molecule has 1 fully saturated rings. The Hall–Kier alpha value is -1.77. The van der Waals surface area contributed by atoms with Crippen LogP contribution in [-0.2, 0) is 14.8 Å². The normalized spacial score (nSPS) is 18.1. The number of nitrogens with zero attached hydrogens (tertiary/aromatic N) is 1. The highest BCUT2D eigenvalue weighted by atomic mass is 35.5. The molecule has 2 aliphatic rings. The molecule has 1 saturated heterocycles. The fourth-order valence-corrected chi connectivity index (χ4v) is 3.99. The van der Waals surface area contributed by atoms with Crippen LogP contribution in [0.2, 0.25) is 5.02 Å². The Morgan fingerprint density at radius 3 is 2.72 bits per heavy atom. The Balaban J connectivity index is 1.58. The molecule has 1 amide bonds. The van der Waals surface area contributed by atoms with E-state index < -0.39 is 10.0 Å². The molecule has 0 aliphatic carbocycles. The number of fused-ring (bicyclic) bond motifs is 1. The monoisotopic (exact) mass is 386 g/mol. The van der Waals surface area contributed by atoms with E-state index in [0.717, 1.165) is 11.8 Å². The third-order valence-corrected chi connectivity index (χ3v) is 5.10. The zero-order chi connectivity index (χ0) is 18.0. The molecule has 0 radical (unpaired) electrons. The van der Waals surface area contributed by atoms with E-state index in [-0.39, 0.29) is 18.7 Å². The second-order valence-electron chi connectivity index (χ2n) is 6.06. The SMILES string of the molecule is CS(=O)(=O)NC1CCN(C(=O)C=Cc2cc(Cl)c3c(c2)OCO3)CC1. The lowest BCUT2D eigenvalue weighted by Crippen LogP contribution is -2.45. The summed E-state index contributed by atoms with van der Waals surface area (Å²) in [7, 11) is -3.22. The van der Waals surface area contributed by atoms with Crippen LogP contribution in [0.3, 0.4) is 0 Å². The van der Waals surface area contributed by atoms with Crippen LogP contribution in [-0.4, -0.2) is 51.4 Å². The molecule has 0 atom stereocenters. The quantitative estimate of drug-likeness (QED) is 0.795. The maximum Gasteiger partial charge on any atom is 0.246 e. The van der Waals surface area contributed by atoms with Gasteiger partial charge in [0.25, 0.3) is 0 Å². The highest BCUT2D eigenvalue weighted by Gasteiger charge is 2.23. The minimum atomic E-state index is -3.22. The minimum absolute atomic E-state index is 0.115. The highest BCUT2D eigenvalue weighted by Crippen LogP contribution is 2.40. The standard InChI is InChI=1S/C16H19ClN2O5S/c1-25(21,22)18-12-4-6-19(7-5-12)15(20)3-2-11-8-13(17)16-14(9-11)23-10-24-16/h2-3,8-9,12,18H,4-7,10H2,1H3. The molecule has 0 bridgehead atoms. The number of nitrogens with one attached hydrogen (secondary N) is 1. The summed E-state index contributed by atoms with van der Waals surface area (Å²) in [6, 6.07) is 3.36. The first kappa shape index (κ1) is 18.0. The molecule has 25 heavy (non-hydrogen) atoms. The number of carbonyl (C=O) groups is 1. The van der Waals surface area contributed by atoms with Crippen molar-refractivity contribution in [2.75, 3.05) is 26.1 Å². The van der Waals surface area contributed by atoms with Gasteiger partial charge in [-0.15, -0.1) is 0 Å². The number of piperidine rings is 1. The predicted molar refractivity (Wildman–Crippen MR) is 94.2 cm³/mol. The number of carbonyl (C=O) groups excluding carboxylic acids is 1. The highest BCUT2D eigenvalue weighted by molar-refractivity contribution is 7.88. The van der Waals surface area contributed by atoms with Gasteiger partial charge in [0.1, 0.15) is 0 Å². The van der Waals surface area contributed by atoms with Crippen LogP contribution >= 0.6 is 11.6 Å². The lowest BCUT2D eigenvalue weighted by atomic mass is 10.1. The van der Waals surface area contributed by atoms with E-state index in [2.05, 4.69) is 4.72 Å². The van der Waals surface area contributed by atoms with Gasteiger partial charge in [0.2, 0.25) is 22.7 Å². The zero-order valence-electron chi connectivity index (χ0n) is 13.7. The van der Waals surface area contributed by atoms with Gasteiger partial charge in [-0.3, -0.25) is 4.79 Å². The summed E-state index contributed by atoms with van der Waals surface area (Å²) >= 11 is 6.12. The molecule has 0 spiro atoms. The molecule has 0 aromatic heterocycles. The first-order chi connectivity index (χ1) is 11.8. The molecule has 1 aromatic carbocycles. The number of amides is 1. The van der Waals surface area contributed by atoms with Crippen molar-refractivity contribution in [3.63, 3.8) is 0 Å². The van der Waals surface area contributed by atoms with Crippen molar-refractivity contribution in [1.29, 1.82) is 0 Å². The lowest BCUT2D eigenvalue weighted by Gasteiger charge is -2.31. The van der Waals surface area contributed by atoms with Crippen LogP contribution < -0.4 is 14.2 Å². The second-order valence-corrected chi connectivity index (χ2v) is 8.25. The maximum atomic E-state index is 12.3.